The summed E-state index contributed by atoms with van der Waals surface area (Å²) in [5, 5.41) is 3.47. The number of benzene rings is 1. The molecular weight excluding hydrogens is 469 g/mol. The van der Waals surface area contributed by atoms with Crippen molar-refractivity contribution in [2.24, 2.45) is 10.9 Å². The van der Waals surface area contributed by atoms with E-state index >= 15 is 0 Å². The minimum Gasteiger partial charge on any atom is -0.357 e. The molecule has 0 aliphatic carbocycles. The van der Waals surface area contributed by atoms with Crippen molar-refractivity contribution in [2.45, 2.75) is 37.8 Å². The molecule has 0 saturated carbocycles. The van der Waals surface area contributed by atoms with E-state index in [2.05, 4.69) is 70.3 Å². The highest BCUT2D eigenvalue weighted by molar-refractivity contribution is 14.0. The van der Waals surface area contributed by atoms with Crippen LogP contribution in [-0.2, 0) is 6.54 Å². The van der Waals surface area contributed by atoms with Gasteiger partial charge >= 0.3 is 0 Å². The third kappa shape index (κ3) is 5.88. The molecule has 1 N–H and O–H groups in total. The van der Waals surface area contributed by atoms with Crippen LogP contribution in [-0.4, -0.2) is 46.3 Å². The summed E-state index contributed by atoms with van der Waals surface area (Å²) >= 11 is 1.77. The van der Waals surface area contributed by atoms with Gasteiger partial charge < -0.3 is 14.8 Å². The summed E-state index contributed by atoms with van der Waals surface area (Å²) in [5.74, 6) is 1.65. The van der Waals surface area contributed by atoms with E-state index in [9.17, 15) is 0 Å². The number of nitrogens with one attached hydrogen (secondary N) is 1. The van der Waals surface area contributed by atoms with Gasteiger partial charge in [-0.15, -0.1) is 35.7 Å². The molecule has 2 atom stereocenters. The fourth-order valence-electron chi connectivity index (χ4n) is 3.42. The molecule has 1 aromatic carbocycles. The van der Waals surface area contributed by atoms with E-state index < -0.39 is 0 Å². The number of likely N-dealkylation sites (tertiary alicyclic amines) is 1. The van der Waals surface area contributed by atoms with Gasteiger partial charge in [0.05, 0.1) is 18.9 Å². The third-order valence-electron chi connectivity index (χ3n) is 5.03. The van der Waals surface area contributed by atoms with E-state index in [1.807, 2.05) is 12.5 Å². The van der Waals surface area contributed by atoms with E-state index in [0.717, 1.165) is 32.0 Å². The van der Waals surface area contributed by atoms with Crippen molar-refractivity contribution in [3.05, 3.63) is 48.5 Å². The average Bonchev–Trinajstić information content (AvgIpc) is 3.20. The molecule has 5 nitrogen and oxygen atoms in total. The minimum absolute atomic E-state index is 0. The van der Waals surface area contributed by atoms with Gasteiger partial charge in [0.25, 0.3) is 0 Å². The van der Waals surface area contributed by atoms with E-state index in [0.29, 0.717) is 18.5 Å². The smallest absolute Gasteiger partial charge is 0.194 e. The fraction of sp³-hybridized carbons (Fsp3) is 0.500. The van der Waals surface area contributed by atoms with Crippen molar-refractivity contribution in [1.29, 1.82) is 0 Å². The summed E-state index contributed by atoms with van der Waals surface area (Å²) in [7, 11) is 0. The zero-order valence-corrected chi connectivity index (χ0v) is 19.5. The van der Waals surface area contributed by atoms with Gasteiger partial charge in [-0.1, -0.05) is 19.1 Å². The summed E-state index contributed by atoms with van der Waals surface area (Å²) in [6, 6.07) is 9.12. The standard InChI is InChI=1S/C20H29N5S.HI/c1-4-22-20(23-13-17-5-7-18(26-3)8-6-17)24-11-9-16(2)19(14-24)25-12-10-21-15-25;/h5-8,10,12,15-16,19H,4,9,11,13-14H2,1-3H3,(H,22,23);1H. The van der Waals surface area contributed by atoms with Crippen molar-refractivity contribution in [1.82, 2.24) is 19.8 Å². The molecular formula is C20H30IN5S. The largest absolute Gasteiger partial charge is 0.357 e. The van der Waals surface area contributed by atoms with E-state index in [-0.39, 0.29) is 24.0 Å². The highest BCUT2D eigenvalue weighted by atomic mass is 127. The predicted molar refractivity (Wildman–Crippen MR) is 125 cm³/mol. The molecule has 27 heavy (non-hydrogen) atoms. The van der Waals surface area contributed by atoms with Gasteiger partial charge in [-0.3, -0.25) is 0 Å². The van der Waals surface area contributed by atoms with Crippen LogP contribution in [0.15, 0.2) is 52.9 Å². The van der Waals surface area contributed by atoms with Crippen LogP contribution < -0.4 is 5.32 Å². The van der Waals surface area contributed by atoms with Crippen LogP contribution in [0.5, 0.6) is 0 Å². The topological polar surface area (TPSA) is 45.5 Å². The average molecular weight is 499 g/mol. The zero-order valence-electron chi connectivity index (χ0n) is 16.3. The molecule has 0 spiro atoms. The number of guanidine groups is 1. The molecule has 0 bridgehead atoms. The van der Waals surface area contributed by atoms with Crippen LogP contribution in [0, 0.1) is 5.92 Å². The van der Waals surface area contributed by atoms with Crippen LogP contribution >= 0.6 is 35.7 Å². The number of nitrogens with zero attached hydrogens (tertiary/aromatic N) is 4. The van der Waals surface area contributed by atoms with Crippen LogP contribution in [0.2, 0.25) is 0 Å². The summed E-state index contributed by atoms with van der Waals surface area (Å²) in [4.78, 5) is 12.8. The molecule has 1 aliphatic rings. The van der Waals surface area contributed by atoms with E-state index in [1.54, 1.807) is 11.8 Å². The van der Waals surface area contributed by atoms with Gasteiger partial charge in [-0.25, -0.2) is 9.98 Å². The van der Waals surface area contributed by atoms with Crippen LogP contribution in [0.3, 0.4) is 0 Å². The molecule has 1 saturated heterocycles. The van der Waals surface area contributed by atoms with Gasteiger partial charge in [0.1, 0.15) is 0 Å². The molecule has 0 radical (unpaired) electrons. The number of rotatable bonds is 5. The molecule has 7 heteroatoms. The number of hydrogen-bond donors (Lipinski definition) is 1. The Balaban J connectivity index is 0.00000261. The number of aliphatic imine (C=N–C) groups is 1. The number of imidazole rings is 1. The lowest BCUT2D eigenvalue weighted by atomic mass is 9.93. The summed E-state index contributed by atoms with van der Waals surface area (Å²) in [5.41, 5.74) is 1.25. The van der Waals surface area contributed by atoms with E-state index in [4.69, 9.17) is 4.99 Å². The van der Waals surface area contributed by atoms with Gasteiger partial charge in [-0.2, -0.15) is 0 Å². The second-order valence-corrected chi connectivity index (χ2v) is 7.69. The zero-order chi connectivity index (χ0) is 18.4. The van der Waals surface area contributed by atoms with Crippen molar-refractivity contribution < 1.29 is 0 Å². The Bertz CT molecular complexity index is 702. The maximum absolute atomic E-state index is 4.90. The van der Waals surface area contributed by atoms with Crippen LogP contribution in [0.1, 0.15) is 31.9 Å². The molecule has 1 aliphatic heterocycles. The molecule has 1 aromatic heterocycles. The van der Waals surface area contributed by atoms with Crippen molar-refractivity contribution >= 4 is 41.7 Å². The monoisotopic (exact) mass is 499 g/mol. The fourth-order valence-corrected chi connectivity index (χ4v) is 3.83. The maximum Gasteiger partial charge on any atom is 0.194 e. The normalized spacial score (nSPS) is 20.3. The Hall–Kier alpha value is -1.22. The number of aromatic nitrogens is 2. The van der Waals surface area contributed by atoms with Crippen molar-refractivity contribution in [3.8, 4) is 0 Å². The van der Waals surface area contributed by atoms with Crippen LogP contribution in [0.4, 0.5) is 0 Å². The van der Waals surface area contributed by atoms with Gasteiger partial charge in [-0.05, 0) is 43.2 Å². The predicted octanol–water partition coefficient (Wildman–Crippen LogP) is 4.27. The minimum atomic E-state index is 0. The maximum atomic E-state index is 4.90. The second kappa shape index (κ2) is 10.9. The first-order valence-corrected chi connectivity index (χ1v) is 10.6. The summed E-state index contributed by atoms with van der Waals surface area (Å²) in [6.45, 7) is 8.06. The Morgan fingerprint density at radius 1 is 1.33 bits per heavy atom. The molecule has 0 amide bonds. The first-order chi connectivity index (χ1) is 12.7. The third-order valence-corrected chi connectivity index (χ3v) is 5.77. The van der Waals surface area contributed by atoms with Gasteiger partial charge in [0, 0.05) is 36.9 Å². The number of halogens is 1. The molecule has 2 unspecified atom stereocenters. The van der Waals surface area contributed by atoms with E-state index in [1.165, 1.54) is 10.5 Å². The lowest BCUT2D eigenvalue weighted by Gasteiger charge is -2.39. The van der Waals surface area contributed by atoms with Gasteiger partial charge in [0.15, 0.2) is 5.96 Å². The first-order valence-electron chi connectivity index (χ1n) is 9.35. The highest BCUT2D eigenvalue weighted by Crippen LogP contribution is 2.27. The molecule has 1 fully saturated rings. The first kappa shape index (κ1) is 22.1. The summed E-state index contributed by atoms with van der Waals surface area (Å²) < 4.78 is 2.24. The van der Waals surface area contributed by atoms with Crippen molar-refractivity contribution in [2.75, 3.05) is 25.9 Å². The molecule has 148 valence electrons. The summed E-state index contributed by atoms with van der Waals surface area (Å²) in [6.07, 6.45) is 9.13. The Kier molecular flexibility index (Phi) is 8.95. The lowest BCUT2D eigenvalue weighted by Crippen LogP contribution is -2.49. The quantitative estimate of drug-likeness (QED) is 0.289. The van der Waals surface area contributed by atoms with Crippen LogP contribution in [0.25, 0.3) is 0 Å². The Morgan fingerprint density at radius 3 is 2.74 bits per heavy atom. The molecule has 2 heterocycles. The van der Waals surface area contributed by atoms with Crippen molar-refractivity contribution in [3.63, 3.8) is 0 Å². The Labute approximate surface area is 184 Å². The number of piperidine rings is 1. The highest BCUT2D eigenvalue weighted by Gasteiger charge is 2.28. The second-order valence-electron chi connectivity index (χ2n) is 6.81. The number of hydrogen-bond acceptors (Lipinski definition) is 3. The number of thioether (sulfide) groups is 1. The SMILES string of the molecule is CCNC(=NCc1ccc(SC)cc1)N1CCC(C)C(n2ccnc2)C1.I. The van der Waals surface area contributed by atoms with Gasteiger partial charge in [0.2, 0.25) is 0 Å². The molecule has 3 rings (SSSR count). The Morgan fingerprint density at radius 2 is 2.11 bits per heavy atom. The lowest BCUT2D eigenvalue weighted by molar-refractivity contribution is 0.189. The molecule has 2 aromatic rings.